The van der Waals surface area contributed by atoms with Crippen molar-refractivity contribution in [3.05, 3.63) is 24.3 Å². The van der Waals surface area contributed by atoms with Crippen LogP contribution in [0.5, 0.6) is 0 Å². The highest BCUT2D eigenvalue weighted by atomic mass is 16.1. The number of nitrogens with zero attached hydrogens (tertiary/aromatic N) is 2. The molecule has 1 aromatic heterocycles. The Morgan fingerprint density at radius 2 is 2.05 bits per heavy atom. The van der Waals surface area contributed by atoms with Gasteiger partial charge in [0.05, 0.1) is 11.0 Å². The highest BCUT2D eigenvalue weighted by Crippen LogP contribution is 2.19. The quantitative estimate of drug-likeness (QED) is 0.806. The van der Waals surface area contributed by atoms with Crippen molar-refractivity contribution in [3.8, 4) is 0 Å². The number of hydrogen-bond donors (Lipinski definition) is 1. The summed E-state index contributed by atoms with van der Waals surface area (Å²) in [6.45, 7) is 4.99. The van der Waals surface area contributed by atoms with Crippen molar-refractivity contribution in [3.63, 3.8) is 0 Å². The van der Waals surface area contributed by atoms with E-state index in [0.717, 1.165) is 36.8 Å². The largest absolute Gasteiger partial charge is 0.310 e. The van der Waals surface area contributed by atoms with E-state index >= 15 is 0 Å². The van der Waals surface area contributed by atoms with E-state index in [1.807, 2.05) is 28.8 Å². The minimum atomic E-state index is 0.0541. The average Bonchev–Trinajstić information content (AvgIpc) is 2.76. The third-order valence-corrected chi connectivity index (χ3v) is 3.23. The lowest BCUT2D eigenvalue weighted by molar-refractivity contribution is -0.116. The Morgan fingerprint density at radius 1 is 1.26 bits per heavy atom. The predicted molar refractivity (Wildman–Crippen MR) is 78.2 cm³/mol. The van der Waals surface area contributed by atoms with Crippen LogP contribution < -0.4 is 5.32 Å². The summed E-state index contributed by atoms with van der Waals surface area (Å²) >= 11 is 0. The third-order valence-electron chi connectivity index (χ3n) is 3.23. The molecular weight excluding hydrogens is 238 g/mol. The van der Waals surface area contributed by atoms with Gasteiger partial charge in [0.1, 0.15) is 0 Å². The number of benzene rings is 1. The zero-order chi connectivity index (χ0) is 13.7. The zero-order valence-corrected chi connectivity index (χ0v) is 11.6. The summed E-state index contributed by atoms with van der Waals surface area (Å²) in [7, 11) is 0. The molecule has 0 atom stereocenters. The fourth-order valence-electron chi connectivity index (χ4n) is 2.21. The fraction of sp³-hybridized carbons (Fsp3) is 0.467. The van der Waals surface area contributed by atoms with Crippen LogP contribution in [0, 0.1) is 0 Å². The van der Waals surface area contributed by atoms with Crippen LogP contribution in [0.15, 0.2) is 24.3 Å². The first-order chi connectivity index (χ1) is 9.26. The number of nitrogens with one attached hydrogen (secondary N) is 1. The van der Waals surface area contributed by atoms with Crippen LogP contribution in [-0.2, 0) is 11.3 Å². The predicted octanol–water partition coefficient (Wildman–Crippen LogP) is 3.58. The van der Waals surface area contributed by atoms with E-state index in [0.29, 0.717) is 12.4 Å². The standard InChI is InChI=1S/C15H21N3O/c1-3-5-6-11-14(19)17-15-16-12-9-7-8-10-13(12)18(15)4-2/h7-10H,3-6,11H2,1-2H3,(H,16,17,19). The molecule has 1 heterocycles. The van der Waals surface area contributed by atoms with Crippen molar-refractivity contribution >= 4 is 22.9 Å². The molecule has 4 heteroatoms. The van der Waals surface area contributed by atoms with Gasteiger partial charge in [0.15, 0.2) is 0 Å². The van der Waals surface area contributed by atoms with Gasteiger partial charge in [0.25, 0.3) is 0 Å². The molecule has 2 rings (SSSR count). The Morgan fingerprint density at radius 3 is 2.79 bits per heavy atom. The number of rotatable bonds is 6. The molecule has 0 bridgehead atoms. The van der Waals surface area contributed by atoms with E-state index in [4.69, 9.17) is 0 Å². The van der Waals surface area contributed by atoms with E-state index in [1.54, 1.807) is 0 Å². The first kappa shape index (κ1) is 13.6. The number of carbonyl (C=O) groups excluding carboxylic acids is 1. The molecule has 0 aliphatic rings. The van der Waals surface area contributed by atoms with Gasteiger partial charge in [-0.15, -0.1) is 0 Å². The molecule has 0 radical (unpaired) electrons. The molecule has 4 nitrogen and oxygen atoms in total. The maximum absolute atomic E-state index is 11.9. The van der Waals surface area contributed by atoms with Gasteiger partial charge in [0.2, 0.25) is 11.9 Å². The Hall–Kier alpha value is -1.84. The second kappa shape index (κ2) is 6.36. The highest BCUT2D eigenvalue weighted by molar-refractivity contribution is 5.91. The Kier molecular flexibility index (Phi) is 4.55. The normalized spacial score (nSPS) is 10.8. The van der Waals surface area contributed by atoms with Crippen molar-refractivity contribution in [2.24, 2.45) is 0 Å². The SMILES string of the molecule is CCCCCC(=O)Nc1nc2ccccc2n1CC. The van der Waals surface area contributed by atoms with Gasteiger partial charge in [-0.2, -0.15) is 0 Å². The second-order valence-corrected chi connectivity index (χ2v) is 4.67. The smallest absolute Gasteiger partial charge is 0.226 e. The van der Waals surface area contributed by atoms with Crippen LogP contribution in [0.3, 0.4) is 0 Å². The number of carbonyl (C=O) groups is 1. The van der Waals surface area contributed by atoms with Crippen molar-refractivity contribution in [1.29, 1.82) is 0 Å². The van der Waals surface area contributed by atoms with Gasteiger partial charge in [-0.1, -0.05) is 31.9 Å². The number of aromatic nitrogens is 2. The molecule has 0 aliphatic carbocycles. The molecule has 0 saturated heterocycles. The summed E-state index contributed by atoms with van der Waals surface area (Å²) < 4.78 is 2.03. The molecule has 0 aliphatic heterocycles. The van der Waals surface area contributed by atoms with Crippen LogP contribution in [0.2, 0.25) is 0 Å². The van der Waals surface area contributed by atoms with E-state index in [1.165, 1.54) is 0 Å². The molecule has 0 fully saturated rings. The number of amides is 1. The third kappa shape index (κ3) is 3.13. The molecule has 0 saturated carbocycles. The number of imidazole rings is 1. The molecular formula is C15H21N3O. The van der Waals surface area contributed by atoms with Gasteiger partial charge in [-0.25, -0.2) is 4.98 Å². The number of aryl methyl sites for hydroxylation is 1. The molecule has 19 heavy (non-hydrogen) atoms. The fourth-order valence-corrected chi connectivity index (χ4v) is 2.21. The van der Waals surface area contributed by atoms with E-state index in [-0.39, 0.29) is 5.91 Å². The topological polar surface area (TPSA) is 46.9 Å². The van der Waals surface area contributed by atoms with Gasteiger partial charge in [-0.05, 0) is 25.5 Å². The average molecular weight is 259 g/mol. The van der Waals surface area contributed by atoms with Crippen LogP contribution in [0.4, 0.5) is 5.95 Å². The van der Waals surface area contributed by atoms with Crippen molar-refractivity contribution in [1.82, 2.24) is 9.55 Å². The number of hydrogen-bond acceptors (Lipinski definition) is 2. The summed E-state index contributed by atoms with van der Waals surface area (Å²) in [5, 5.41) is 2.92. The van der Waals surface area contributed by atoms with Crippen LogP contribution >= 0.6 is 0 Å². The first-order valence-electron chi connectivity index (χ1n) is 7.01. The lowest BCUT2D eigenvalue weighted by atomic mass is 10.2. The monoisotopic (exact) mass is 259 g/mol. The molecule has 1 amide bonds. The summed E-state index contributed by atoms with van der Waals surface area (Å²) in [5.41, 5.74) is 1.99. The van der Waals surface area contributed by atoms with Crippen LogP contribution in [-0.4, -0.2) is 15.5 Å². The summed E-state index contributed by atoms with van der Waals surface area (Å²) in [5.74, 6) is 0.712. The number of para-hydroxylation sites is 2. The molecule has 0 spiro atoms. The first-order valence-corrected chi connectivity index (χ1v) is 7.01. The molecule has 1 N–H and O–H groups in total. The van der Waals surface area contributed by atoms with Crippen LogP contribution in [0.1, 0.15) is 39.5 Å². The van der Waals surface area contributed by atoms with Gasteiger partial charge in [0, 0.05) is 13.0 Å². The van der Waals surface area contributed by atoms with Gasteiger partial charge < -0.3 is 4.57 Å². The molecule has 2 aromatic rings. The maximum atomic E-state index is 11.9. The van der Waals surface area contributed by atoms with Crippen molar-refractivity contribution < 1.29 is 4.79 Å². The number of anilines is 1. The Labute approximate surface area is 113 Å². The number of fused-ring (bicyclic) bond motifs is 1. The van der Waals surface area contributed by atoms with Gasteiger partial charge in [-0.3, -0.25) is 10.1 Å². The summed E-state index contributed by atoms with van der Waals surface area (Å²) in [4.78, 5) is 16.4. The maximum Gasteiger partial charge on any atom is 0.226 e. The summed E-state index contributed by atoms with van der Waals surface area (Å²) in [6.07, 6.45) is 3.73. The lowest BCUT2D eigenvalue weighted by Gasteiger charge is -2.07. The van der Waals surface area contributed by atoms with Crippen LogP contribution in [0.25, 0.3) is 11.0 Å². The van der Waals surface area contributed by atoms with E-state index in [2.05, 4.69) is 24.1 Å². The Balaban J connectivity index is 2.13. The van der Waals surface area contributed by atoms with Crippen molar-refractivity contribution in [2.45, 2.75) is 46.1 Å². The minimum absolute atomic E-state index is 0.0541. The minimum Gasteiger partial charge on any atom is -0.310 e. The Bertz CT molecular complexity index is 560. The molecule has 1 aromatic carbocycles. The van der Waals surface area contributed by atoms with Crippen molar-refractivity contribution in [2.75, 3.05) is 5.32 Å². The number of unbranched alkanes of at least 4 members (excludes halogenated alkanes) is 2. The second-order valence-electron chi connectivity index (χ2n) is 4.67. The lowest BCUT2D eigenvalue weighted by Crippen LogP contribution is -2.15. The van der Waals surface area contributed by atoms with E-state index < -0.39 is 0 Å². The highest BCUT2D eigenvalue weighted by Gasteiger charge is 2.11. The van der Waals surface area contributed by atoms with E-state index in [9.17, 15) is 4.79 Å². The van der Waals surface area contributed by atoms with Gasteiger partial charge >= 0.3 is 0 Å². The molecule has 0 unspecified atom stereocenters. The molecule has 102 valence electrons. The zero-order valence-electron chi connectivity index (χ0n) is 11.6. The summed E-state index contributed by atoms with van der Waals surface area (Å²) in [6, 6.07) is 7.94.